The van der Waals surface area contributed by atoms with Gasteiger partial charge in [0.15, 0.2) is 0 Å². The molecule has 0 atom stereocenters. The van der Waals surface area contributed by atoms with Crippen molar-refractivity contribution in [2.24, 2.45) is 0 Å². The molecule has 3 heterocycles. The average Bonchev–Trinajstić information content (AvgIpc) is 3.25. The van der Waals surface area contributed by atoms with Gasteiger partial charge in [-0.15, -0.1) is 11.3 Å². The van der Waals surface area contributed by atoms with Crippen molar-refractivity contribution in [1.82, 2.24) is 9.38 Å². The van der Waals surface area contributed by atoms with Crippen molar-refractivity contribution < 1.29 is 0 Å². The lowest BCUT2D eigenvalue weighted by atomic mass is 10.2. The van der Waals surface area contributed by atoms with E-state index in [1.165, 1.54) is 11.3 Å². The first-order valence-corrected chi connectivity index (χ1v) is 8.99. The lowest BCUT2D eigenvalue weighted by Gasteiger charge is -1.99. The number of rotatable bonds is 2. The monoisotopic (exact) mass is 363 g/mol. The maximum Gasteiger partial charge on any atom is 0.280 e. The molecule has 0 N–H and O–H groups in total. The summed E-state index contributed by atoms with van der Waals surface area (Å²) in [5.74, 6) is 0. The Morgan fingerprint density at radius 1 is 1.08 bits per heavy atom. The summed E-state index contributed by atoms with van der Waals surface area (Å²) in [5.41, 5.74) is 0.00904. The second-order valence-corrected chi connectivity index (χ2v) is 7.13. The lowest BCUT2D eigenvalue weighted by molar-refractivity contribution is 1.02. The maximum absolute atomic E-state index is 12.7. The van der Waals surface area contributed by atoms with Crippen molar-refractivity contribution in [3.8, 4) is 16.6 Å². The van der Waals surface area contributed by atoms with E-state index in [4.69, 9.17) is 0 Å². The first-order chi connectivity index (χ1) is 12.2. The molecular formula is C18H9N3O2S2. The Morgan fingerprint density at radius 2 is 1.88 bits per heavy atom. The van der Waals surface area contributed by atoms with Crippen LogP contribution in [0.5, 0.6) is 0 Å². The van der Waals surface area contributed by atoms with Gasteiger partial charge in [0.05, 0.1) is 9.41 Å². The summed E-state index contributed by atoms with van der Waals surface area (Å²) in [5, 5.41) is 11.2. The highest BCUT2D eigenvalue weighted by Gasteiger charge is 2.18. The van der Waals surface area contributed by atoms with Crippen LogP contribution < -0.4 is 15.7 Å². The van der Waals surface area contributed by atoms with Crippen LogP contribution in [0.15, 0.2) is 57.4 Å². The SMILES string of the molecule is N#Cc1c(-c2cccs2)nc2s/c(=C\c3ccccc3)c(=O)n2c1=O. The number of nitrogens with zero attached hydrogens (tertiary/aromatic N) is 3. The number of nitriles is 1. The van der Waals surface area contributed by atoms with Gasteiger partial charge in [-0.1, -0.05) is 47.7 Å². The standard InChI is InChI=1S/C18H9N3O2S2/c19-10-12-15(13-7-4-8-24-13)20-18-21(16(12)22)17(23)14(25-18)9-11-5-2-1-3-6-11/h1-9H/b14-9-. The summed E-state index contributed by atoms with van der Waals surface area (Å²) in [7, 11) is 0. The Labute approximate surface area is 149 Å². The Morgan fingerprint density at radius 3 is 2.56 bits per heavy atom. The quantitative estimate of drug-likeness (QED) is 0.547. The van der Waals surface area contributed by atoms with Gasteiger partial charge in [0.25, 0.3) is 11.1 Å². The molecule has 0 aliphatic rings. The molecule has 4 rings (SSSR count). The van der Waals surface area contributed by atoms with E-state index in [0.29, 0.717) is 15.2 Å². The molecule has 0 aliphatic carbocycles. The molecule has 0 spiro atoms. The second-order valence-electron chi connectivity index (χ2n) is 5.17. The Balaban J connectivity index is 2.07. The summed E-state index contributed by atoms with van der Waals surface area (Å²) in [6.07, 6.45) is 1.72. The molecule has 3 aromatic heterocycles. The van der Waals surface area contributed by atoms with Crippen LogP contribution in [0.25, 0.3) is 21.6 Å². The molecule has 7 heteroatoms. The zero-order valence-electron chi connectivity index (χ0n) is 12.7. The molecule has 0 aliphatic heterocycles. The summed E-state index contributed by atoms with van der Waals surface area (Å²) >= 11 is 2.54. The Hall–Kier alpha value is -3.08. The first kappa shape index (κ1) is 15.4. The van der Waals surface area contributed by atoms with E-state index in [-0.39, 0.29) is 5.56 Å². The van der Waals surface area contributed by atoms with Gasteiger partial charge >= 0.3 is 0 Å². The number of hydrogen-bond acceptors (Lipinski definition) is 6. The summed E-state index contributed by atoms with van der Waals surface area (Å²) in [6.45, 7) is 0. The minimum absolute atomic E-state index is 0.110. The number of benzene rings is 1. The number of fused-ring (bicyclic) bond motifs is 1. The zero-order chi connectivity index (χ0) is 17.4. The van der Waals surface area contributed by atoms with Crippen molar-refractivity contribution in [3.63, 3.8) is 0 Å². The van der Waals surface area contributed by atoms with Gasteiger partial charge in [0.1, 0.15) is 17.3 Å². The summed E-state index contributed by atoms with van der Waals surface area (Å²) in [4.78, 5) is 30.7. The predicted molar refractivity (Wildman–Crippen MR) is 98.9 cm³/mol. The molecule has 0 radical (unpaired) electrons. The van der Waals surface area contributed by atoms with Crippen molar-refractivity contribution in [2.75, 3.05) is 0 Å². The van der Waals surface area contributed by atoms with Crippen LogP contribution in [-0.2, 0) is 0 Å². The number of thiophene rings is 1. The van der Waals surface area contributed by atoms with Crippen molar-refractivity contribution >= 4 is 33.7 Å². The third-order valence-corrected chi connectivity index (χ3v) is 5.48. The molecule has 1 aromatic carbocycles. The molecule has 5 nitrogen and oxygen atoms in total. The van der Waals surface area contributed by atoms with Crippen molar-refractivity contribution in [2.45, 2.75) is 0 Å². The van der Waals surface area contributed by atoms with E-state index < -0.39 is 11.1 Å². The van der Waals surface area contributed by atoms with Gasteiger partial charge in [-0.2, -0.15) is 5.26 Å². The molecule has 0 saturated carbocycles. The fourth-order valence-electron chi connectivity index (χ4n) is 2.49. The van der Waals surface area contributed by atoms with Gasteiger partial charge in [-0.3, -0.25) is 9.59 Å². The van der Waals surface area contributed by atoms with Crippen molar-refractivity contribution in [3.05, 3.63) is 84.2 Å². The molecule has 4 aromatic rings. The van der Waals surface area contributed by atoms with Crippen molar-refractivity contribution in [1.29, 1.82) is 5.26 Å². The van der Waals surface area contributed by atoms with Gasteiger partial charge < -0.3 is 0 Å². The topological polar surface area (TPSA) is 75.2 Å². The van der Waals surface area contributed by atoms with Crippen LogP contribution in [0, 0.1) is 11.3 Å². The molecule has 0 bridgehead atoms. The fraction of sp³-hybridized carbons (Fsp3) is 0. The van der Waals surface area contributed by atoms with Crippen LogP contribution in [0.2, 0.25) is 0 Å². The smallest absolute Gasteiger partial charge is 0.267 e. The molecule has 0 amide bonds. The molecule has 120 valence electrons. The molecule has 0 unspecified atom stereocenters. The molecule has 0 fully saturated rings. The second kappa shape index (κ2) is 6.09. The Kier molecular flexibility index (Phi) is 3.76. The maximum atomic E-state index is 12.7. The van der Waals surface area contributed by atoms with E-state index in [0.717, 1.165) is 26.2 Å². The van der Waals surface area contributed by atoms with Gasteiger partial charge in [0.2, 0.25) is 4.96 Å². The molecule has 25 heavy (non-hydrogen) atoms. The van der Waals surface area contributed by atoms with E-state index in [1.807, 2.05) is 47.8 Å². The van der Waals surface area contributed by atoms with Crippen LogP contribution >= 0.6 is 22.7 Å². The highest BCUT2D eigenvalue weighted by atomic mass is 32.1. The highest BCUT2D eigenvalue weighted by molar-refractivity contribution is 7.15. The number of aromatic nitrogens is 2. The van der Waals surface area contributed by atoms with Gasteiger partial charge in [-0.25, -0.2) is 9.38 Å². The predicted octanol–water partition coefficient (Wildman–Crippen LogP) is 2.26. The fourth-order valence-corrected chi connectivity index (χ4v) is 4.17. The minimum atomic E-state index is -0.620. The zero-order valence-corrected chi connectivity index (χ0v) is 14.3. The third-order valence-electron chi connectivity index (χ3n) is 3.63. The van der Waals surface area contributed by atoms with Crippen LogP contribution in [0.1, 0.15) is 11.1 Å². The Bertz CT molecular complexity index is 1280. The number of thiazole rings is 1. The normalized spacial score (nSPS) is 11.7. The van der Waals surface area contributed by atoms with Gasteiger partial charge in [-0.05, 0) is 23.1 Å². The lowest BCUT2D eigenvalue weighted by Crippen LogP contribution is -2.32. The van der Waals surface area contributed by atoms with E-state index in [9.17, 15) is 14.9 Å². The first-order valence-electron chi connectivity index (χ1n) is 7.29. The van der Waals surface area contributed by atoms with E-state index in [1.54, 1.807) is 12.1 Å². The number of hydrogen-bond donors (Lipinski definition) is 0. The van der Waals surface area contributed by atoms with Crippen LogP contribution in [0.3, 0.4) is 0 Å². The summed E-state index contributed by atoms with van der Waals surface area (Å²) in [6, 6.07) is 14.9. The van der Waals surface area contributed by atoms with Gasteiger partial charge in [0, 0.05) is 0 Å². The average molecular weight is 363 g/mol. The largest absolute Gasteiger partial charge is 0.280 e. The van der Waals surface area contributed by atoms with E-state index in [2.05, 4.69) is 4.98 Å². The van der Waals surface area contributed by atoms with Crippen LogP contribution in [-0.4, -0.2) is 9.38 Å². The van der Waals surface area contributed by atoms with E-state index >= 15 is 0 Å². The third kappa shape index (κ3) is 2.58. The minimum Gasteiger partial charge on any atom is -0.267 e. The highest BCUT2D eigenvalue weighted by Crippen LogP contribution is 2.24. The molecule has 0 saturated heterocycles. The molecular weight excluding hydrogens is 354 g/mol. The summed E-state index contributed by atoms with van der Waals surface area (Å²) < 4.78 is 1.39. The van der Waals surface area contributed by atoms with Crippen LogP contribution in [0.4, 0.5) is 0 Å².